The molecule has 1 N–H and O–H groups in total. The van der Waals surface area contributed by atoms with Gasteiger partial charge >= 0.3 is 0 Å². The van der Waals surface area contributed by atoms with Crippen LogP contribution in [0.3, 0.4) is 0 Å². The van der Waals surface area contributed by atoms with E-state index in [1.54, 1.807) is 12.1 Å². The van der Waals surface area contributed by atoms with Crippen LogP contribution in [0.25, 0.3) is 0 Å². The van der Waals surface area contributed by atoms with Gasteiger partial charge in [-0.25, -0.2) is 4.39 Å². The van der Waals surface area contributed by atoms with Crippen molar-refractivity contribution in [1.82, 2.24) is 15.1 Å². The summed E-state index contributed by atoms with van der Waals surface area (Å²) in [5.41, 5.74) is 2.60. The molecule has 2 aromatic rings. The molecule has 1 aromatic heterocycles. The Bertz CT molecular complexity index is 610. The van der Waals surface area contributed by atoms with Crippen molar-refractivity contribution in [3.63, 3.8) is 0 Å². The fourth-order valence-corrected chi connectivity index (χ4v) is 2.62. The number of nitrogens with one attached hydrogen (secondary N) is 1. The Balaban J connectivity index is 2.50. The van der Waals surface area contributed by atoms with Crippen molar-refractivity contribution < 1.29 is 4.39 Å². The Hall–Kier alpha value is -1.39. The molecule has 0 radical (unpaired) electrons. The summed E-state index contributed by atoms with van der Waals surface area (Å²) in [5, 5.41) is 8.30. The molecular formula is C16H21ClFN3. The van der Waals surface area contributed by atoms with Crippen LogP contribution < -0.4 is 5.32 Å². The summed E-state index contributed by atoms with van der Waals surface area (Å²) in [6, 6.07) is 6.64. The molecule has 1 heterocycles. The maximum absolute atomic E-state index is 14.3. The molecule has 114 valence electrons. The zero-order valence-corrected chi connectivity index (χ0v) is 13.4. The molecular weight excluding hydrogens is 289 g/mol. The first-order chi connectivity index (χ1) is 10.1. The largest absolute Gasteiger partial charge is 0.305 e. The van der Waals surface area contributed by atoms with Gasteiger partial charge in [0.05, 0.1) is 17.4 Å². The van der Waals surface area contributed by atoms with Gasteiger partial charge in [0, 0.05) is 17.1 Å². The molecule has 0 saturated heterocycles. The molecule has 2 rings (SSSR count). The first-order valence-corrected chi connectivity index (χ1v) is 7.73. The average Bonchev–Trinajstić information content (AvgIpc) is 2.88. The van der Waals surface area contributed by atoms with Crippen molar-refractivity contribution in [1.29, 1.82) is 0 Å². The van der Waals surface area contributed by atoms with Crippen LogP contribution in [-0.2, 0) is 13.0 Å². The zero-order valence-electron chi connectivity index (χ0n) is 12.7. The lowest BCUT2D eigenvalue weighted by molar-refractivity contribution is 0.514. The fourth-order valence-electron chi connectivity index (χ4n) is 2.46. The zero-order chi connectivity index (χ0) is 15.4. The van der Waals surface area contributed by atoms with E-state index < -0.39 is 0 Å². The van der Waals surface area contributed by atoms with Crippen molar-refractivity contribution >= 4 is 11.6 Å². The highest BCUT2D eigenvalue weighted by Gasteiger charge is 2.21. The Kier molecular flexibility index (Phi) is 5.37. The summed E-state index contributed by atoms with van der Waals surface area (Å²) in [6.07, 6.45) is 0.863. The molecule has 1 unspecified atom stereocenters. The molecule has 5 heteroatoms. The van der Waals surface area contributed by atoms with E-state index in [4.69, 9.17) is 11.6 Å². The van der Waals surface area contributed by atoms with Crippen molar-refractivity contribution in [2.45, 2.75) is 39.8 Å². The lowest BCUT2D eigenvalue weighted by Crippen LogP contribution is -2.25. The van der Waals surface area contributed by atoms with E-state index in [2.05, 4.69) is 17.3 Å². The summed E-state index contributed by atoms with van der Waals surface area (Å²) in [7, 11) is 0. The van der Waals surface area contributed by atoms with Crippen LogP contribution in [0.2, 0.25) is 5.02 Å². The number of rotatable bonds is 6. The highest BCUT2D eigenvalue weighted by atomic mass is 35.5. The smallest absolute Gasteiger partial charge is 0.129 e. The van der Waals surface area contributed by atoms with Crippen LogP contribution in [0.15, 0.2) is 24.3 Å². The minimum Gasteiger partial charge on any atom is -0.305 e. The van der Waals surface area contributed by atoms with E-state index >= 15 is 0 Å². The minimum absolute atomic E-state index is 0.222. The number of nitrogens with zero attached hydrogens (tertiary/aromatic N) is 2. The van der Waals surface area contributed by atoms with Gasteiger partial charge in [-0.1, -0.05) is 31.5 Å². The van der Waals surface area contributed by atoms with E-state index in [0.29, 0.717) is 10.6 Å². The van der Waals surface area contributed by atoms with Gasteiger partial charge < -0.3 is 5.32 Å². The van der Waals surface area contributed by atoms with Gasteiger partial charge in [-0.2, -0.15) is 5.10 Å². The summed E-state index contributed by atoms with van der Waals surface area (Å²) < 4.78 is 16.2. The molecule has 0 aliphatic carbocycles. The summed E-state index contributed by atoms with van der Waals surface area (Å²) in [5.74, 6) is -0.296. The Morgan fingerprint density at radius 3 is 2.62 bits per heavy atom. The molecule has 0 aliphatic rings. The van der Waals surface area contributed by atoms with E-state index in [9.17, 15) is 4.39 Å². The van der Waals surface area contributed by atoms with Crippen LogP contribution in [0, 0.1) is 5.82 Å². The number of benzene rings is 1. The van der Waals surface area contributed by atoms with Crippen LogP contribution >= 0.6 is 11.6 Å². The summed E-state index contributed by atoms with van der Waals surface area (Å²) in [4.78, 5) is 0. The SMILES string of the molecule is CCNC(c1ccc(Cl)cc1F)c1cc(CC)nn1CC. The second kappa shape index (κ2) is 7.05. The lowest BCUT2D eigenvalue weighted by atomic mass is 10.0. The van der Waals surface area contributed by atoms with Crippen LogP contribution in [-0.4, -0.2) is 16.3 Å². The Morgan fingerprint density at radius 2 is 2.05 bits per heavy atom. The highest BCUT2D eigenvalue weighted by molar-refractivity contribution is 6.30. The number of aromatic nitrogens is 2. The molecule has 0 fully saturated rings. The lowest BCUT2D eigenvalue weighted by Gasteiger charge is -2.20. The second-order valence-electron chi connectivity index (χ2n) is 4.89. The predicted octanol–water partition coefficient (Wildman–Crippen LogP) is 3.96. The first-order valence-electron chi connectivity index (χ1n) is 7.35. The predicted molar refractivity (Wildman–Crippen MR) is 84.2 cm³/mol. The first kappa shape index (κ1) is 16.0. The van der Waals surface area contributed by atoms with Gasteiger partial charge in [0.25, 0.3) is 0 Å². The number of hydrogen-bond acceptors (Lipinski definition) is 2. The van der Waals surface area contributed by atoms with Gasteiger partial charge in [-0.05, 0) is 38.1 Å². The number of halogens is 2. The van der Waals surface area contributed by atoms with E-state index in [0.717, 1.165) is 30.9 Å². The summed E-state index contributed by atoms with van der Waals surface area (Å²) >= 11 is 5.85. The topological polar surface area (TPSA) is 29.9 Å². The van der Waals surface area contributed by atoms with Gasteiger partial charge in [0.2, 0.25) is 0 Å². The molecule has 21 heavy (non-hydrogen) atoms. The molecule has 0 aliphatic heterocycles. The van der Waals surface area contributed by atoms with E-state index in [1.807, 2.05) is 24.6 Å². The van der Waals surface area contributed by atoms with Crippen molar-refractivity contribution in [3.05, 3.63) is 52.1 Å². The van der Waals surface area contributed by atoms with Crippen molar-refractivity contribution in [3.8, 4) is 0 Å². The highest BCUT2D eigenvalue weighted by Crippen LogP contribution is 2.27. The van der Waals surface area contributed by atoms with Crippen LogP contribution in [0.5, 0.6) is 0 Å². The second-order valence-corrected chi connectivity index (χ2v) is 5.32. The molecule has 0 amide bonds. The molecule has 1 aromatic carbocycles. The molecule has 0 bridgehead atoms. The van der Waals surface area contributed by atoms with E-state index in [1.165, 1.54) is 6.07 Å². The van der Waals surface area contributed by atoms with Gasteiger partial charge in [-0.3, -0.25) is 4.68 Å². The van der Waals surface area contributed by atoms with Gasteiger partial charge in [0.1, 0.15) is 5.82 Å². The molecule has 3 nitrogen and oxygen atoms in total. The third-order valence-corrected chi connectivity index (χ3v) is 3.74. The average molecular weight is 310 g/mol. The Labute approximate surface area is 130 Å². The fraction of sp³-hybridized carbons (Fsp3) is 0.438. The molecule has 0 saturated carbocycles. The maximum atomic E-state index is 14.3. The van der Waals surface area contributed by atoms with Gasteiger partial charge in [0.15, 0.2) is 0 Å². The minimum atomic E-state index is -0.296. The third-order valence-electron chi connectivity index (χ3n) is 3.50. The van der Waals surface area contributed by atoms with Crippen LogP contribution in [0.1, 0.15) is 43.8 Å². The van der Waals surface area contributed by atoms with Crippen LogP contribution in [0.4, 0.5) is 4.39 Å². The van der Waals surface area contributed by atoms with Crippen molar-refractivity contribution in [2.24, 2.45) is 0 Å². The quantitative estimate of drug-likeness (QED) is 0.875. The third kappa shape index (κ3) is 3.44. The number of aryl methyl sites for hydroxylation is 2. The summed E-state index contributed by atoms with van der Waals surface area (Å²) in [6.45, 7) is 7.61. The van der Waals surface area contributed by atoms with Gasteiger partial charge in [-0.15, -0.1) is 0 Å². The Morgan fingerprint density at radius 1 is 1.29 bits per heavy atom. The van der Waals surface area contributed by atoms with E-state index in [-0.39, 0.29) is 11.9 Å². The monoisotopic (exact) mass is 309 g/mol. The molecule has 1 atom stereocenters. The standard InChI is InChI=1S/C16H21ClFN3/c1-4-12-10-15(21(6-3)20-12)16(19-5-2)13-8-7-11(17)9-14(13)18/h7-10,16,19H,4-6H2,1-3H3. The maximum Gasteiger partial charge on any atom is 0.129 e. The number of hydrogen-bond donors (Lipinski definition) is 1. The van der Waals surface area contributed by atoms with Crippen molar-refractivity contribution in [2.75, 3.05) is 6.54 Å². The normalized spacial score (nSPS) is 12.6. The molecule has 0 spiro atoms.